The predicted molar refractivity (Wildman–Crippen MR) is 125 cm³/mol. The summed E-state index contributed by atoms with van der Waals surface area (Å²) in [6, 6.07) is 8.00. The number of anilines is 1. The van der Waals surface area contributed by atoms with E-state index in [0.29, 0.717) is 25.2 Å². The van der Waals surface area contributed by atoms with E-state index >= 15 is 0 Å². The highest BCUT2D eigenvalue weighted by molar-refractivity contribution is 7.09. The van der Waals surface area contributed by atoms with Gasteiger partial charge in [-0.15, -0.1) is 11.3 Å². The van der Waals surface area contributed by atoms with Crippen molar-refractivity contribution in [1.82, 2.24) is 29.6 Å². The van der Waals surface area contributed by atoms with Gasteiger partial charge in [0.15, 0.2) is 5.65 Å². The van der Waals surface area contributed by atoms with Crippen LogP contribution in [-0.4, -0.2) is 61.7 Å². The smallest absolute Gasteiger partial charge is 0.254 e. The van der Waals surface area contributed by atoms with E-state index in [1.54, 1.807) is 17.5 Å². The molecule has 1 amide bonds. The number of hydrogen-bond acceptors (Lipinski definition) is 7. The lowest BCUT2D eigenvalue weighted by Gasteiger charge is -2.35. The molecule has 32 heavy (non-hydrogen) atoms. The van der Waals surface area contributed by atoms with Gasteiger partial charge in [-0.1, -0.05) is 6.07 Å². The molecule has 1 fully saturated rings. The van der Waals surface area contributed by atoms with Crippen LogP contribution in [0.15, 0.2) is 35.8 Å². The normalized spacial score (nSPS) is 14.3. The van der Waals surface area contributed by atoms with Crippen molar-refractivity contribution in [2.45, 2.75) is 27.3 Å². The zero-order chi connectivity index (χ0) is 22.2. The average Bonchev–Trinajstić information content (AvgIpc) is 3.43. The molecule has 1 saturated heterocycles. The van der Waals surface area contributed by atoms with Gasteiger partial charge in [0, 0.05) is 48.5 Å². The molecule has 0 bridgehead atoms. The number of aromatic nitrogens is 5. The van der Waals surface area contributed by atoms with Crippen LogP contribution in [0.25, 0.3) is 11.0 Å². The van der Waals surface area contributed by atoms with Gasteiger partial charge in [-0.3, -0.25) is 4.79 Å². The maximum atomic E-state index is 13.5. The Labute approximate surface area is 190 Å². The number of nitrogens with zero attached hydrogens (tertiary/aromatic N) is 7. The second kappa shape index (κ2) is 8.31. The number of carbonyl (C=O) groups excluding carboxylic acids is 1. The van der Waals surface area contributed by atoms with Gasteiger partial charge in [0.05, 0.1) is 23.7 Å². The third kappa shape index (κ3) is 3.95. The molecule has 5 heterocycles. The average molecular weight is 448 g/mol. The van der Waals surface area contributed by atoms with Gasteiger partial charge < -0.3 is 9.80 Å². The van der Waals surface area contributed by atoms with Gasteiger partial charge in [0.25, 0.3) is 5.91 Å². The number of rotatable bonds is 4. The Morgan fingerprint density at radius 1 is 1.03 bits per heavy atom. The molecule has 1 aliphatic heterocycles. The second-order valence-corrected chi connectivity index (χ2v) is 9.16. The first-order valence-electron chi connectivity index (χ1n) is 10.7. The number of fused-ring (bicyclic) bond motifs is 1. The number of amides is 1. The Balaban J connectivity index is 1.36. The Morgan fingerprint density at radius 3 is 2.53 bits per heavy atom. The number of pyridine rings is 1. The molecular formula is C23H25N7OS. The summed E-state index contributed by atoms with van der Waals surface area (Å²) >= 11 is 1.69. The van der Waals surface area contributed by atoms with E-state index < -0.39 is 0 Å². The van der Waals surface area contributed by atoms with Crippen LogP contribution in [0.5, 0.6) is 0 Å². The van der Waals surface area contributed by atoms with Crippen molar-refractivity contribution >= 4 is 34.1 Å². The van der Waals surface area contributed by atoms with Gasteiger partial charge in [-0.05, 0) is 38.3 Å². The highest BCUT2D eigenvalue weighted by Gasteiger charge is 2.26. The zero-order valence-corrected chi connectivity index (χ0v) is 19.3. The first-order valence-corrected chi connectivity index (χ1v) is 11.6. The largest absolute Gasteiger partial charge is 0.353 e. The van der Waals surface area contributed by atoms with E-state index in [9.17, 15) is 4.79 Å². The minimum absolute atomic E-state index is 0.0332. The second-order valence-electron chi connectivity index (χ2n) is 8.12. The monoisotopic (exact) mass is 447 g/mol. The molecule has 1 aliphatic rings. The van der Waals surface area contributed by atoms with Crippen LogP contribution in [0, 0.1) is 20.8 Å². The lowest BCUT2D eigenvalue weighted by atomic mass is 10.1. The van der Waals surface area contributed by atoms with Crippen LogP contribution in [-0.2, 0) is 6.54 Å². The third-order valence-electron chi connectivity index (χ3n) is 5.70. The molecule has 9 heteroatoms. The van der Waals surface area contributed by atoms with Gasteiger partial charge in [-0.25, -0.2) is 19.6 Å². The summed E-state index contributed by atoms with van der Waals surface area (Å²) in [7, 11) is 0. The maximum Gasteiger partial charge on any atom is 0.254 e. The zero-order valence-electron chi connectivity index (χ0n) is 18.4. The molecule has 0 unspecified atom stereocenters. The molecular weight excluding hydrogens is 422 g/mol. The van der Waals surface area contributed by atoms with Crippen LogP contribution in [0.1, 0.15) is 32.4 Å². The highest BCUT2D eigenvalue weighted by Crippen LogP contribution is 2.23. The van der Waals surface area contributed by atoms with Gasteiger partial charge in [0.1, 0.15) is 11.6 Å². The fourth-order valence-electron chi connectivity index (χ4n) is 4.18. The van der Waals surface area contributed by atoms with Crippen LogP contribution in [0.4, 0.5) is 5.82 Å². The van der Waals surface area contributed by atoms with Crippen molar-refractivity contribution in [2.75, 3.05) is 31.1 Å². The van der Waals surface area contributed by atoms with Gasteiger partial charge in [-0.2, -0.15) is 5.10 Å². The standard InChI is InChI=1S/C23H25N7OS/c1-15-11-19(20-13-24-30(22(20)26-15)14-18-5-4-10-32-18)23(31)29-8-6-28(7-9-29)21-12-16(2)25-17(3)27-21/h4-5,10-13H,6-9,14H2,1-3H3. The number of hydrogen-bond donors (Lipinski definition) is 0. The fourth-order valence-corrected chi connectivity index (χ4v) is 4.87. The Hall–Kier alpha value is -3.33. The summed E-state index contributed by atoms with van der Waals surface area (Å²) in [5.41, 5.74) is 3.21. The highest BCUT2D eigenvalue weighted by atomic mass is 32.1. The first-order chi connectivity index (χ1) is 15.5. The van der Waals surface area contributed by atoms with Crippen LogP contribution < -0.4 is 4.90 Å². The van der Waals surface area contributed by atoms with Crippen LogP contribution in [0.3, 0.4) is 0 Å². The van der Waals surface area contributed by atoms with E-state index in [1.807, 2.05) is 48.6 Å². The van der Waals surface area contributed by atoms with Crippen molar-refractivity contribution in [2.24, 2.45) is 0 Å². The summed E-state index contributed by atoms with van der Waals surface area (Å²) in [4.78, 5) is 32.4. The molecule has 0 aromatic carbocycles. The van der Waals surface area contributed by atoms with Crippen molar-refractivity contribution in [3.63, 3.8) is 0 Å². The summed E-state index contributed by atoms with van der Waals surface area (Å²) in [5.74, 6) is 1.73. The molecule has 5 rings (SSSR count). The quantitative estimate of drug-likeness (QED) is 0.478. The lowest BCUT2D eigenvalue weighted by Crippen LogP contribution is -2.49. The molecule has 0 radical (unpaired) electrons. The van der Waals surface area contributed by atoms with Crippen LogP contribution in [0.2, 0.25) is 0 Å². The minimum Gasteiger partial charge on any atom is -0.353 e. The summed E-state index contributed by atoms with van der Waals surface area (Å²) < 4.78 is 1.88. The third-order valence-corrected chi connectivity index (χ3v) is 6.56. The molecule has 0 saturated carbocycles. The molecule has 0 atom stereocenters. The Morgan fingerprint density at radius 2 is 1.81 bits per heavy atom. The number of piperazine rings is 1. The molecule has 0 N–H and O–H groups in total. The van der Waals surface area contributed by atoms with E-state index in [-0.39, 0.29) is 5.91 Å². The topological polar surface area (TPSA) is 80.0 Å². The van der Waals surface area contributed by atoms with E-state index in [2.05, 4.69) is 36.4 Å². The molecule has 4 aromatic heterocycles. The summed E-state index contributed by atoms with van der Waals surface area (Å²) in [5, 5.41) is 7.40. The molecule has 8 nitrogen and oxygen atoms in total. The number of thiophene rings is 1. The molecule has 0 spiro atoms. The Kier molecular flexibility index (Phi) is 5.34. The van der Waals surface area contributed by atoms with Crippen molar-refractivity contribution in [3.8, 4) is 0 Å². The SMILES string of the molecule is Cc1cc(N2CCN(C(=O)c3cc(C)nc4c3cnn4Cc3cccs3)CC2)nc(C)n1. The van der Waals surface area contributed by atoms with Crippen molar-refractivity contribution < 1.29 is 4.79 Å². The van der Waals surface area contributed by atoms with Crippen molar-refractivity contribution in [1.29, 1.82) is 0 Å². The molecule has 4 aromatic rings. The Bertz CT molecular complexity index is 1250. The van der Waals surface area contributed by atoms with E-state index in [0.717, 1.165) is 47.2 Å². The number of carbonyl (C=O) groups is 1. The van der Waals surface area contributed by atoms with Crippen molar-refractivity contribution in [3.05, 3.63) is 63.5 Å². The van der Waals surface area contributed by atoms with Gasteiger partial charge in [0.2, 0.25) is 0 Å². The lowest BCUT2D eigenvalue weighted by molar-refractivity contribution is 0.0748. The van der Waals surface area contributed by atoms with Crippen LogP contribution >= 0.6 is 11.3 Å². The fraction of sp³-hybridized carbons (Fsp3) is 0.348. The van der Waals surface area contributed by atoms with Gasteiger partial charge >= 0.3 is 0 Å². The predicted octanol–water partition coefficient (Wildman–Crippen LogP) is 3.22. The minimum atomic E-state index is 0.0332. The van der Waals surface area contributed by atoms with E-state index in [4.69, 9.17) is 0 Å². The first kappa shape index (κ1) is 20.6. The number of aryl methyl sites for hydroxylation is 3. The molecule has 164 valence electrons. The molecule has 0 aliphatic carbocycles. The summed E-state index contributed by atoms with van der Waals surface area (Å²) in [6.07, 6.45) is 1.77. The maximum absolute atomic E-state index is 13.5. The summed E-state index contributed by atoms with van der Waals surface area (Å²) in [6.45, 7) is 9.25. The van der Waals surface area contributed by atoms with E-state index in [1.165, 1.54) is 4.88 Å².